The van der Waals surface area contributed by atoms with E-state index in [0.717, 1.165) is 0 Å². The van der Waals surface area contributed by atoms with E-state index in [1.165, 1.54) is 21.7 Å². The van der Waals surface area contributed by atoms with Crippen LogP contribution in [0.2, 0.25) is 0 Å². The molecular weight excluding hydrogens is 398 g/mol. The largest absolute Gasteiger partial charge is 0.0828 e. The van der Waals surface area contributed by atoms with Crippen LogP contribution in [-0.2, 0) is 0 Å². The molecule has 1 atom stereocenters. The minimum absolute atomic E-state index is 0.242. The average Bonchev–Trinajstić information content (AvgIpc) is 2.67. The minimum atomic E-state index is -0.542. The minimum Gasteiger partial charge on any atom is -0.0828 e. The van der Waals surface area contributed by atoms with Crippen molar-refractivity contribution in [1.29, 1.82) is 0 Å². The van der Waals surface area contributed by atoms with Crippen LogP contribution < -0.4 is 10.6 Å². The van der Waals surface area contributed by atoms with Gasteiger partial charge in [-0.05, 0) is 41.3 Å². The van der Waals surface area contributed by atoms with Gasteiger partial charge in [-0.25, -0.2) is 0 Å². The first-order chi connectivity index (χ1) is 14.1. The second-order valence-corrected chi connectivity index (χ2v) is 16.7. The summed E-state index contributed by atoms with van der Waals surface area (Å²) in [5.74, 6) is 0. The highest BCUT2D eigenvalue weighted by molar-refractivity contribution is 7.84. The van der Waals surface area contributed by atoms with E-state index in [1.807, 2.05) is 0 Å². The third-order valence-electron chi connectivity index (χ3n) is 5.34. The van der Waals surface area contributed by atoms with Gasteiger partial charge in [0, 0.05) is 5.40 Å². The van der Waals surface area contributed by atoms with Crippen molar-refractivity contribution in [3.63, 3.8) is 0 Å². The molecule has 0 aliphatic rings. The molecule has 0 aliphatic carbocycles. The first-order valence-corrected chi connectivity index (χ1v) is 13.7. The molecule has 3 aromatic rings. The molecule has 30 heavy (non-hydrogen) atoms. The summed E-state index contributed by atoms with van der Waals surface area (Å²) in [5.41, 5.74) is 2.86. The molecule has 1 unspecified atom stereocenters. The topological polar surface area (TPSA) is 0 Å². The van der Waals surface area contributed by atoms with E-state index >= 15 is 0 Å². The van der Waals surface area contributed by atoms with E-state index < -0.39 is 7.92 Å². The Labute approximate surface area is 186 Å². The molecule has 0 saturated heterocycles. The molecule has 0 spiro atoms. The predicted molar refractivity (Wildman–Crippen MR) is 139 cm³/mol. The fraction of sp³-hybridized carbons (Fsp3) is 0.357. The van der Waals surface area contributed by atoms with Crippen LogP contribution in [0.3, 0.4) is 0 Å². The molecule has 0 aromatic heterocycles. The van der Waals surface area contributed by atoms with Gasteiger partial charge in [-0.15, -0.1) is 0 Å². The molecule has 158 valence electrons. The lowest BCUT2D eigenvalue weighted by Gasteiger charge is -2.49. The van der Waals surface area contributed by atoms with Crippen molar-refractivity contribution in [3.8, 4) is 0 Å². The molecule has 0 aliphatic heterocycles. The fourth-order valence-corrected chi connectivity index (χ4v) is 14.6. The van der Waals surface area contributed by atoms with Crippen molar-refractivity contribution in [2.75, 3.05) is 0 Å². The summed E-state index contributed by atoms with van der Waals surface area (Å²) in [6, 6.07) is 31.8. The zero-order chi connectivity index (χ0) is 21.9. The van der Waals surface area contributed by atoms with Crippen LogP contribution in [0.15, 0.2) is 84.9 Å². The van der Waals surface area contributed by atoms with Crippen molar-refractivity contribution in [1.82, 2.24) is 0 Å². The number of aryl methyl sites for hydroxylation is 1. The normalized spacial score (nSPS) is 13.6. The van der Waals surface area contributed by atoms with Crippen LogP contribution in [-0.4, -0.2) is 10.3 Å². The molecule has 0 heterocycles. The van der Waals surface area contributed by atoms with Gasteiger partial charge < -0.3 is 0 Å². The number of rotatable bonds is 5. The van der Waals surface area contributed by atoms with Gasteiger partial charge >= 0.3 is 0 Å². The molecule has 3 rings (SSSR count). The highest BCUT2D eigenvalue weighted by Crippen LogP contribution is 2.76. The van der Waals surface area contributed by atoms with Crippen LogP contribution in [0.25, 0.3) is 0 Å². The zero-order valence-corrected chi connectivity index (χ0v) is 21.3. The van der Waals surface area contributed by atoms with Crippen LogP contribution >= 0.6 is 15.8 Å². The zero-order valence-electron chi connectivity index (χ0n) is 19.6. The summed E-state index contributed by atoms with van der Waals surface area (Å²) in [5, 5.41) is 3.94. The lowest BCUT2D eigenvalue weighted by atomic mass is 10.2. The van der Waals surface area contributed by atoms with E-state index in [4.69, 9.17) is 0 Å². The lowest BCUT2D eigenvalue weighted by molar-refractivity contribution is 0.701. The maximum absolute atomic E-state index is 2.45. The van der Waals surface area contributed by atoms with E-state index in [9.17, 15) is 0 Å². The van der Waals surface area contributed by atoms with Crippen molar-refractivity contribution >= 4 is 26.5 Å². The smallest absolute Gasteiger partial charge is 0.0333 e. The Morgan fingerprint density at radius 2 is 1.07 bits per heavy atom. The Morgan fingerprint density at radius 3 is 1.47 bits per heavy atom. The summed E-state index contributed by atoms with van der Waals surface area (Å²) < 4.78 is 0. The van der Waals surface area contributed by atoms with E-state index in [0.29, 0.717) is 5.40 Å². The quantitative estimate of drug-likeness (QED) is 0.355. The van der Waals surface area contributed by atoms with Gasteiger partial charge in [-0.3, -0.25) is 0 Å². The number of hydrogen-bond donors (Lipinski definition) is 0. The van der Waals surface area contributed by atoms with Gasteiger partial charge in [-0.1, -0.05) is 140 Å². The van der Waals surface area contributed by atoms with Crippen molar-refractivity contribution in [2.45, 2.75) is 64.2 Å². The van der Waals surface area contributed by atoms with E-state index in [-0.39, 0.29) is 18.2 Å². The molecule has 2 heteroatoms. The maximum atomic E-state index is 2.45. The van der Waals surface area contributed by atoms with Gasteiger partial charge in [0.05, 0.1) is 0 Å². The van der Waals surface area contributed by atoms with E-state index in [2.05, 4.69) is 133 Å². The average molecular weight is 435 g/mol. The molecule has 0 N–H and O–H groups in total. The van der Waals surface area contributed by atoms with Crippen LogP contribution in [0.4, 0.5) is 0 Å². The molecular formula is C28H36P2. The lowest BCUT2D eigenvalue weighted by Crippen LogP contribution is -2.30. The number of hydrogen-bond acceptors (Lipinski definition) is 0. The Balaban J connectivity index is 2.33. The van der Waals surface area contributed by atoms with Crippen LogP contribution in [0.1, 0.15) is 58.1 Å². The van der Waals surface area contributed by atoms with Gasteiger partial charge in [0.15, 0.2) is 0 Å². The fourth-order valence-electron chi connectivity index (χ4n) is 4.59. The summed E-state index contributed by atoms with van der Waals surface area (Å²) in [6.45, 7) is 17.0. The standard InChI is InChI=1S/C28H36P2/c1-22-15-14-16-23(21-22)26(30(27(2,3)4)28(5,6)7)29(24-17-10-8-11-18-24)25-19-12-9-13-20-25/h8-21,26H,1-7H3. The van der Waals surface area contributed by atoms with Crippen LogP contribution in [0.5, 0.6) is 0 Å². The third kappa shape index (κ3) is 5.41. The summed E-state index contributed by atoms with van der Waals surface area (Å²) >= 11 is 0. The second kappa shape index (κ2) is 9.34. The summed E-state index contributed by atoms with van der Waals surface area (Å²) in [7, 11) is -0.895. The third-order valence-corrected chi connectivity index (χ3v) is 12.9. The second-order valence-electron chi connectivity index (χ2n) is 10.0. The Hall–Kier alpha value is -1.48. The van der Waals surface area contributed by atoms with Gasteiger partial charge in [0.1, 0.15) is 0 Å². The summed E-state index contributed by atoms with van der Waals surface area (Å²) in [6.07, 6.45) is 0. The van der Waals surface area contributed by atoms with Gasteiger partial charge in [0.25, 0.3) is 0 Å². The Morgan fingerprint density at radius 1 is 0.600 bits per heavy atom. The highest BCUT2D eigenvalue weighted by Gasteiger charge is 2.44. The van der Waals surface area contributed by atoms with Gasteiger partial charge in [-0.2, -0.15) is 0 Å². The summed E-state index contributed by atoms with van der Waals surface area (Å²) in [4.78, 5) is 0. The van der Waals surface area contributed by atoms with Crippen molar-refractivity contribution in [2.24, 2.45) is 0 Å². The molecule has 0 bridgehead atoms. The first kappa shape index (κ1) is 23.2. The molecule has 0 nitrogen and oxygen atoms in total. The van der Waals surface area contributed by atoms with Gasteiger partial charge in [0.2, 0.25) is 0 Å². The molecule has 0 fully saturated rings. The maximum Gasteiger partial charge on any atom is 0.0333 e. The Bertz CT molecular complexity index is 880. The molecule has 0 saturated carbocycles. The molecule has 3 aromatic carbocycles. The van der Waals surface area contributed by atoms with Crippen molar-refractivity contribution in [3.05, 3.63) is 96.1 Å². The monoisotopic (exact) mass is 434 g/mol. The van der Waals surface area contributed by atoms with E-state index in [1.54, 1.807) is 0 Å². The molecule has 0 amide bonds. The Kier molecular flexibility index (Phi) is 7.22. The van der Waals surface area contributed by atoms with Crippen LogP contribution in [0, 0.1) is 6.92 Å². The predicted octanol–water partition coefficient (Wildman–Crippen LogP) is 8.21. The SMILES string of the molecule is Cc1cccc(C(P(c2ccccc2)c2ccccc2)P(C(C)(C)C)C(C)(C)C)c1. The molecule has 0 radical (unpaired) electrons. The number of benzene rings is 3. The first-order valence-electron chi connectivity index (χ1n) is 10.8. The highest BCUT2D eigenvalue weighted by atomic mass is 31.2. The van der Waals surface area contributed by atoms with Crippen molar-refractivity contribution < 1.29 is 0 Å².